The summed E-state index contributed by atoms with van der Waals surface area (Å²) in [6.45, 7) is 8.13. The minimum Gasteiger partial charge on any atom is -0.340 e. The van der Waals surface area contributed by atoms with Gasteiger partial charge in [0.1, 0.15) is 0 Å². The molecule has 0 aromatic rings. The zero-order chi connectivity index (χ0) is 19.6. The van der Waals surface area contributed by atoms with Crippen molar-refractivity contribution < 1.29 is 9.59 Å². The molecule has 5 heteroatoms. The molecule has 5 nitrogen and oxygen atoms in total. The van der Waals surface area contributed by atoms with Crippen LogP contribution in [-0.2, 0) is 9.59 Å². The van der Waals surface area contributed by atoms with Crippen LogP contribution in [0.1, 0.15) is 58.8 Å². The smallest absolute Gasteiger partial charge is 0.242 e. The summed E-state index contributed by atoms with van der Waals surface area (Å²) >= 11 is 0. The molecular weight excluding hydrogens is 338 g/mol. The van der Waals surface area contributed by atoms with Gasteiger partial charge in [-0.05, 0) is 76.8 Å². The van der Waals surface area contributed by atoms with Crippen LogP contribution in [0.5, 0.6) is 0 Å². The van der Waals surface area contributed by atoms with Gasteiger partial charge in [0.15, 0.2) is 0 Å². The highest BCUT2D eigenvalue weighted by molar-refractivity contribution is 5.88. The fourth-order valence-electron chi connectivity index (χ4n) is 5.99. The Morgan fingerprint density at radius 3 is 2.67 bits per heavy atom. The van der Waals surface area contributed by atoms with Gasteiger partial charge in [-0.1, -0.05) is 13.8 Å². The number of likely N-dealkylation sites (N-methyl/N-ethyl adjacent to an activating group) is 1. The lowest BCUT2D eigenvalue weighted by atomic mass is 9.71. The molecule has 0 spiro atoms. The molecule has 1 heterocycles. The number of fused-ring (bicyclic) bond motifs is 2. The molecule has 0 N–H and O–H groups in total. The molecule has 4 atom stereocenters. The third-order valence-corrected chi connectivity index (χ3v) is 7.08. The molecule has 0 aromatic carbocycles. The van der Waals surface area contributed by atoms with Crippen molar-refractivity contribution in [2.24, 2.45) is 23.2 Å². The van der Waals surface area contributed by atoms with E-state index in [1.807, 2.05) is 23.9 Å². The van der Waals surface area contributed by atoms with Crippen molar-refractivity contribution in [2.75, 3.05) is 46.8 Å². The molecule has 4 unspecified atom stereocenters. The van der Waals surface area contributed by atoms with E-state index in [1.165, 1.54) is 19.3 Å². The minimum atomic E-state index is -0.191. The molecule has 1 aliphatic heterocycles. The predicted octanol–water partition coefficient (Wildman–Crippen LogP) is 2.85. The standard InChI is InChI=1S/C22H39N3O2/c1-17-12-18(2)14-22(7-6-19(13-17)15-22)21(27)25-9-5-8-24(20(26)16-25)11-10-23(3)4/h17-19H,5-16H2,1-4H3. The normalized spacial score (nSPS) is 35.1. The van der Waals surface area contributed by atoms with E-state index in [0.717, 1.165) is 57.8 Å². The highest BCUT2D eigenvalue weighted by Gasteiger charge is 2.49. The number of carbonyl (C=O) groups excluding carboxylic acids is 2. The van der Waals surface area contributed by atoms with Crippen LogP contribution in [0.2, 0.25) is 0 Å². The first-order valence-corrected chi connectivity index (χ1v) is 11.0. The number of hydrogen-bond acceptors (Lipinski definition) is 3. The molecule has 3 aliphatic rings. The average Bonchev–Trinajstić information content (AvgIpc) is 2.89. The Balaban J connectivity index is 1.68. The highest BCUT2D eigenvalue weighted by Crippen LogP contribution is 2.52. The first-order valence-electron chi connectivity index (χ1n) is 11.0. The van der Waals surface area contributed by atoms with Gasteiger partial charge in [-0.15, -0.1) is 0 Å². The summed E-state index contributed by atoms with van der Waals surface area (Å²) in [5.74, 6) is 2.49. The quantitative estimate of drug-likeness (QED) is 0.757. The van der Waals surface area contributed by atoms with Crippen LogP contribution in [0, 0.1) is 23.2 Å². The third-order valence-electron chi connectivity index (χ3n) is 7.08. The molecule has 3 rings (SSSR count). The van der Waals surface area contributed by atoms with E-state index in [2.05, 4.69) is 18.7 Å². The molecule has 154 valence electrons. The molecule has 0 radical (unpaired) electrons. The topological polar surface area (TPSA) is 43.9 Å². The van der Waals surface area contributed by atoms with E-state index < -0.39 is 0 Å². The van der Waals surface area contributed by atoms with E-state index in [9.17, 15) is 9.59 Å². The zero-order valence-corrected chi connectivity index (χ0v) is 17.9. The lowest BCUT2D eigenvalue weighted by molar-refractivity contribution is -0.147. The maximum Gasteiger partial charge on any atom is 0.242 e. The fourth-order valence-corrected chi connectivity index (χ4v) is 5.99. The van der Waals surface area contributed by atoms with Crippen molar-refractivity contribution >= 4 is 11.8 Å². The first-order chi connectivity index (χ1) is 12.8. The van der Waals surface area contributed by atoms with Gasteiger partial charge in [0, 0.05) is 31.6 Å². The largest absolute Gasteiger partial charge is 0.340 e. The molecular formula is C22H39N3O2. The van der Waals surface area contributed by atoms with Crippen molar-refractivity contribution in [3.05, 3.63) is 0 Å². The molecule has 2 amide bonds. The lowest BCUT2D eigenvalue weighted by Gasteiger charge is -2.38. The number of carbonyl (C=O) groups is 2. The molecule has 0 aromatic heterocycles. The summed E-state index contributed by atoms with van der Waals surface area (Å²) in [7, 11) is 4.06. The Hall–Kier alpha value is -1.10. The van der Waals surface area contributed by atoms with Crippen molar-refractivity contribution in [3.63, 3.8) is 0 Å². The van der Waals surface area contributed by atoms with Crippen molar-refractivity contribution in [1.29, 1.82) is 0 Å². The summed E-state index contributed by atoms with van der Waals surface area (Å²) in [6.07, 6.45) is 7.70. The van der Waals surface area contributed by atoms with Crippen molar-refractivity contribution in [3.8, 4) is 0 Å². The molecule has 2 saturated carbocycles. The lowest BCUT2D eigenvalue weighted by Crippen LogP contribution is -2.47. The maximum absolute atomic E-state index is 13.6. The first kappa shape index (κ1) is 20.6. The van der Waals surface area contributed by atoms with Crippen LogP contribution in [0.15, 0.2) is 0 Å². The number of amides is 2. The van der Waals surface area contributed by atoms with Gasteiger partial charge in [0.2, 0.25) is 11.8 Å². The number of hydrogen-bond donors (Lipinski definition) is 0. The fraction of sp³-hybridized carbons (Fsp3) is 0.909. The van der Waals surface area contributed by atoms with Gasteiger partial charge in [0.25, 0.3) is 0 Å². The van der Waals surface area contributed by atoms with Gasteiger partial charge in [-0.2, -0.15) is 0 Å². The Bertz CT molecular complexity index is 550. The van der Waals surface area contributed by atoms with Gasteiger partial charge in [-0.3, -0.25) is 9.59 Å². The average molecular weight is 378 g/mol. The van der Waals surface area contributed by atoms with Crippen LogP contribution < -0.4 is 0 Å². The van der Waals surface area contributed by atoms with Crippen LogP contribution >= 0.6 is 0 Å². The van der Waals surface area contributed by atoms with Gasteiger partial charge in [-0.25, -0.2) is 0 Å². The van der Waals surface area contributed by atoms with Gasteiger partial charge >= 0.3 is 0 Å². The van der Waals surface area contributed by atoms with E-state index in [4.69, 9.17) is 0 Å². The zero-order valence-electron chi connectivity index (χ0n) is 17.9. The minimum absolute atomic E-state index is 0.126. The van der Waals surface area contributed by atoms with Crippen LogP contribution in [0.3, 0.4) is 0 Å². The molecule has 1 saturated heterocycles. The maximum atomic E-state index is 13.6. The Labute approximate surface area is 165 Å². The summed E-state index contributed by atoms with van der Waals surface area (Å²) < 4.78 is 0. The van der Waals surface area contributed by atoms with Gasteiger partial charge in [0.05, 0.1) is 6.54 Å². The second-order valence-electron chi connectivity index (χ2n) is 10.0. The third kappa shape index (κ3) is 4.85. The van der Waals surface area contributed by atoms with E-state index in [1.54, 1.807) is 0 Å². The van der Waals surface area contributed by atoms with Crippen LogP contribution in [-0.4, -0.2) is 73.3 Å². The Kier molecular flexibility index (Phi) is 6.50. The SMILES string of the molecule is CC1CC(C)CC2(C(=O)N3CCCN(CCN(C)C)C(=O)C3)CCC(C1)C2. The van der Waals surface area contributed by atoms with E-state index in [-0.39, 0.29) is 23.8 Å². The predicted molar refractivity (Wildman–Crippen MR) is 108 cm³/mol. The Morgan fingerprint density at radius 1 is 1.15 bits per heavy atom. The molecule has 3 fully saturated rings. The van der Waals surface area contributed by atoms with Crippen LogP contribution in [0.25, 0.3) is 0 Å². The van der Waals surface area contributed by atoms with Crippen LogP contribution in [0.4, 0.5) is 0 Å². The van der Waals surface area contributed by atoms with Crippen molar-refractivity contribution in [1.82, 2.24) is 14.7 Å². The summed E-state index contributed by atoms with van der Waals surface area (Å²) in [4.78, 5) is 32.4. The summed E-state index contributed by atoms with van der Waals surface area (Å²) in [5, 5.41) is 0. The molecule has 27 heavy (non-hydrogen) atoms. The van der Waals surface area contributed by atoms with E-state index in [0.29, 0.717) is 11.8 Å². The summed E-state index contributed by atoms with van der Waals surface area (Å²) in [5.41, 5.74) is -0.191. The number of rotatable bonds is 4. The molecule has 2 bridgehead atoms. The van der Waals surface area contributed by atoms with E-state index >= 15 is 0 Å². The second-order valence-corrected chi connectivity index (χ2v) is 10.0. The second kappa shape index (κ2) is 8.50. The van der Waals surface area contributed by atoms with Gasteiger partial charge < -0.3 is 14.7 Å². The van der Waals surface area contributed by atoms with Crippen molar-refractivity contribution in [2.45, 2.75) is 58.8 Å². The highest BCUT2D eigenvalue weighted by atomic mass is 16.2. The summed E-state index contributed by atoms with van der Waals surface area (Å²) in [6, 6.07) is 0. The monoisotopic (exact) mass is 377 g/mol. The number of nitrogens with zero attached hydrogens (tertiary/aromatic N) is 3. The molecule has 2 aliphatic carbocycles. The Morgan fingerprint density at radius 2 is 1.93 bits per heavy atom.